The number of nitrogens with zero attached hydrogens (tertiary/aromatic N) is 2. The van der Waals surface area contributed by atoms with E-state index in [1.165, 1.54) is 16.8 Å². The van der Waals surface area contributed by atoms with E-state index in [2.05, 4.69) is 6.08 Å². The highest BCUT2D eigenvalue weighted by Crippen LogP contribution is 2.37. The van der Waals surface area contributed by atoms with Crippen molar-refractivity contribution in [3.05, 3.63) is 29.8 Å². The van der Waals surface area contributed by atoms with Gasteiger partial charge in [0.1, 0.15) is 16.7 Å². The SMILES string of the molecule is CC(=O)N(C)C[C@@H]1Oc2cc(C3=CCCC3)ccc2S(=O)(=O)N([C@H](C)CO)C[C@H]1C. The van der Waals surface area contributed by atoms with Gasteiger partial charge >= 0.3 is 0 Å². The molecule has 166 valence electrons. The number of carbonyl (C=O) groups excluding carboxylic acids is 1. The Morgan fingerprint density at radius 2 is 2.13 bits per heavy atom. The first kappa shape index (κ1) is 22.8. The predicted octanol–water partition coefficient (Wildman–Crippen LogP) is 2.50. The molecule has 1 N–H and O–H groups in total. The molecule has 0 bridgehead atoms. The number of hydrogen-bond acceptors (Lipinski definition) is 5. The monoisotopic (exact) mass is 436 g/mol. The van der Waals surface area contributed by atoms with Crippen LogP contribution in [-0.4, -0.2) is 67.5 Å². The zero-order valence-electron chi connectivity index (χ0n) is 18.2. The standard InChI is InChI=1S/C22H32N2O5S/c1-15-12-24(16(2)14-25)30(27,28)22-10-9-19(18-7-5-6-8-18)11-20(22)29-21(15)13-23(4)17(3)26/h7,9-11,15-16,21,25H,5-6,8,12-14H2,1-4H3/t15-,16-,21+/m1/s1. The molecule has 0 saturated carbocycles. The summed E-state index contributed by atoms with van der Waals surface area (Å²) in [7, 11) is -2.14. The predicted molar refractivity (Wildman–Crippen MR) is 116 cm³/mol. The normalized spacial score (nSPS) is 24.8. The van der Waals surface area contributed by atoms with Gasteiger partial charge < -0.3 is 14.7 Å². The maximum atomic E-state index is 13.4. The highest BCUT2D eigenvalue weighted by molar-refractivity contribution is 7.89. The molecule has 7 nitrogen and oxygen atoms in total. The summed E-state index contributed by atoms with van der Waals surface area (Å²) in [5.74, 6) is 0.0492. The van der Waals surface area contributed by atoms with Crippen LogP contribution in [0.4, 0.5) is 0 Å². The van der Waals surface area contributed by atoms with Crippen LogP contribution in [-0.2, 0) is 14.8 Å². The Hall–Kier alpha value is -1.90. The summed E-state index contributed by atoms with van der Waals surface area (Å²) in [6.07, 6.45) is 4.89. The van der Waals surface area contributed by atoms with Crippen molar-refractivity contribution in [2.75, 3.05) is 26.7 Å². The summed E-state index contributed by atoms with van der Waals surface area (Å²) in [5, 5.41) is 9.69. The summed E-state index contributed by atoms with van der Waals surface area (Å²) in [5.41, 5.74) is 2.17. The fourth-order valence-electron chi connectivity index (χ4n) is 3.97. The Labute approximate surface area is 179 Å². The van der Waals surface area contributed by atoms with Crippen LogP contribution >= 0.6 is 0 Å². The van der Waals surface area contributed by atoms with Gasteiger partial charge in [0.25, 0.3) is 0 Å². The smallest absolute Gasteiger partial charge is 0.247 e. The molecule has 1 amide bonds. The molecular formula is C22H32N2O5S. The lowest BCUT2D eigenvalue weighted by atomic mass is 10.0. The largest absolute Gasteiger partial charge is 0.487 e. The van der Waals surface area contributed by atoms with Crippen LogP contribution in [0.2, 0.25) is 0 Å². The number of aliphatic hydroxyl groups excluding tert-OH is 1. The molecule has 0 fully saturated rings. The molecule has 30 heavy (non-hydrogen) atoms. The van der Waals surface area contributed by atoms with Crippen molar-refractivity contribution in [2.24, 2.45) is 5.92 Å². The van der Waals surface area contributed by atoms with E-state index < -0.39 is 16.1 Å². The number of allylic oxidation sites excluding steroid dienone is 2. The van der Waals surface area contributed by atoms with Crippen LogP contribution < -0.4 is 4.74 Å². The maximum absolute atomic E-state index is 13.4. The van der Waals surface area contributed by atoms with Gasteiger partial charge in [0, 0.05) is 32.5 Å². The number of sulfonamides is 1. The summed E-state index contributed by atoms with van der Waals surface area (Å²) in [6, 6.07) is 4.69. The second kappa shape index (κ2) is 9.08. The van der Waals surface area contributed by atoms with Crippen molar-refractivity contribution >= 4 is 21.5 Å². The molecule has 2 aliphatic rings. The maximum Gasteiger partial charge on any atom is 0.247 e. The van der Waals surface area contributed by atoms with Crippen LogP contribution in [0.25, 0.3) is 5.57 Å². The van der Waals surface area contributed by atoms with Gasteiger partial charge in [-0.25, -0.2) is 8.42 Å². The molecule has 1 aromatic rings. The lowest BCUT2D eigenvalue weighted by Crippen LogP contribution is -2.50. The second-order valence-corrected chi connectivity index (χ2v) is 10.3. The lowest BCUT2D eigenvalue weighted by Gasteiger charge is -2.37. The van der Waals surface area contributed by atoms with E-state index in [1.807, 2.05) is 19.1 Å². The molecule has 1 aliphatic heterocycles. The third-order valence-corrected chi connectivity index (χ3v) is 8.09. The van der Waals surface area contributed by atoms with Crippen molar-refractivity contribution in [2.45, 2.75) is 57.1 Å². The topological polar surface area (TPSA) is 87.2 Å². The summed E-state index contributed by atoms with van der Waals surface area (Å²) < 4.78 is 34.5. The van der Waals surface area contributed by atoms with Gasteiger partial charge in [-0.3, -0.25) is 4.79 Å². The van der Waals surface area contributed by atoms with Crippen LogP contribution in [0, 0.1) is 5.92 Å². The lowest BCUT2D eigenvalue weighted by molar-refractivity contribution is -0.129. The zero-order chi connectivity index (χ0) is 22.1. The molecule has 1 aliphatic carbocycles. The molecule has 0 aromatic heterocycles. The molecule has 3 rings (SSSR count). The van der Waals surface area contributed by atoms with Crippen molar-refractivity contribution < 1.29 is 23.1 Å². The molecular weight excluding hydrogens is 404 g/mol. The average Bonchev–Trinajstić information content (AvgIpc) is 3.24. The van der Waals surface area contributed by atoms with E-state index >= 15 is 0 Å². The minimum Gasteiger partial charge on any atom is -0.487 e. The molecule has 1 heterocycles. The Morgan fingerprint density at radius 1 is 1.40 bits per heavy atom. The third kappa shape index (κ3) is 4.55. The van der Waals surface area contributed by atoms with Crippen LogP contribution in [0.3, 0.4) is 0 Å². The number of aliphatic hydroxyl groups is 1. The zero-order valence-corrected chi connectivity index (χ0v) is 19.0. The van der Waals surface area contributed by atoms with Gasteiger partial charge in [-0.1, -0.05) is 19.1 Å². The van der Waals surface area contributed by atoms with Gasteiger partial charge in [0.15, 0.2) is 0 Å². The highest BCUT2D eigenvalue weighted by atomic mass is 32.2. The molecule has 3 atom stereocenters. The van der Waals surface area contributed by atoms with Gasteiger partial charge in [-0.05, 0) is 49.5 Å². The second-order valence-electron chi connectivity index (χ2n) is 8.42. The Bertz CT molecular complexity index is 927. The van der Waals surface area contributed by atoms with E-state index in [9.17, 15) is 18.3 Å². The van der Waals surface area contributed by atoms with Crippen LogP contribution in [0.5, 0.6) is 5.75 Å². The Morgan fingerprint density at radius 3 is 2.73 bits per heavy atom. The number of benzene rings is 1. The summed E-state index contributed by atoms with van der Waals surface area (Å²) in [4.78, 5) is 13.5. The average molecular weight is 437 g/mol. The summed E-state index contributed by atoms with van der Waals surface area (Å²) in [6.45, 7) is 5.39. The van der Waals surface area contributed by atoms with Crippen molar-refractivity contribution in [1.29, 1.82) is 0 Å². The van der Waals surface area contributed by atoms with E-state index in [1.54, 1.807) is 24.9 Å². The van der Waals surface area contributed by atoms with Gasteiger partial charge in [0.2, 0.25) is 15.9 Å². The third-order valence-electron chi connectivity index (χ3n) is 6.07. The molecule has 0 saturated heterocycles. The number of amides is 1. The van der Waals surface area contributed by atoms with Crippen molar-refractivity contribution in [3.8, 4) is 5.75 Å². The van der Waals surface area contributed by atoms with Gasteiger partial charge in [-0.2, -0.15) is 4.31 Å². The first-order valence-corrected chi connectivity index (χ1v) is 11.9. The number of likely N-dealkylation sites (N-methyl/N-ethyl adjacent to an activating group) is 1. The summed E-state index contributed by atoms with van der Waals surface area (Å²) >= 11 is 0. The van der Waals surface area contributed by atoms with E-state index in [0.717, 1.165) is 24.8 Å². The van der Waals surface area contributed by atoms with Crippen LogP contribution in [0.1, 0.15) is 45.6 Å². The van der Waals surface area contributed by atoms with Crippen molar-refractivity contribution in [1.82, 2.24) is 9.21 Å². The number of fused-ring (bicyclic) bond motifs is 1. The fourth-order valence-corrected chi connectivity index (χ4v) is 5.80. The van der Waals surface area contributed by atoms with Gasteiger partial charge in [-0.15, -0.1) is 0 Å². The van der Waals surface area contributed by atoms with Crippen molar-refractivity contribution in [3.63, 3.8) is 0 Å². The molecule has 0 spiro atoms. The van der Waals surface area contributed by atoms with Crippen LogP contribution in [0.15, 0.2) is 29.2 Å². The van der Waals surface area contributed by atoms with E-state index in [-0.39, 0.29) is 36.0 Å². The minimum absolute atomic E-state index is 0.0776. The molecule has 1 aromatic carbocycles. The quantitative estimate of drug-likeness (QED) is 0.766. The fraction of sp³-hybridized carbons (Fsp3) is 0.591. The molecule has 0 radical (unpaired) electrons. The number of hydrogen-bond donors (Lipinski definition) is 1. The molecule has 0 unspecified atom stereocenters. The van der Waals surface area contributed by atoms with Gasteiger partial charge in [0.05, 0.1) is 13.2 Å². The first-order chi connectivity index (χ1) is 14.1. The van der Waals surface area contributed by atoms with E-state index in [0.29, 0.717) is 12.3 Å². The first-order valence-electron chi connectivity index (χ1n) is 10.5. The minimum atomic E-state index is -3.85. The molecule has 8 heteroatoms. The number of carbonyl (C=O) groups is 1. The number of ether oxygens (including phenoxy) is 1. The van der Waals surface area contributed by atoms with E-state index in [4.69, 9.17) is 4.74 Å². The Balaban J connectivity index is 2.09. The number of rotatable bonds is 5. The Kier molecular flexibility index (Phi) is 6.89. The highest BCUT2D eigenvalue weighted by Gasteiger charge is 2.38.